The van der Waals surface area contributed by atoms with E-state index in [1.807, 2.05) is 0 Å². The third-order valence-corrected chi connectivity index (χ3v) is 6.36. The van der Waals surface area contributed by atoms with Crippen molar-refractivity contribution in [3.63, 3.8) is 0 Å². The van der Waals surface area contributed by atoms with E-state index in [-0.39, 0.29) is 17.5 Å². The Morgan fingerprint density at radius 3 is 2.65 bits per heavy atom. The molecular weight excluding hydrogens is 324 g/mol. The molecule has 0 unspecified atom stereocenters. The van der Waals surface area contributed by atoms with Crippen LogP contribution >= 0.6 is 0 Å². The van der Waals surface area contributed by atoms with Gasteiger partial charge >= 0.3 is 5.97 Å². The largest absolute Gasteiger partial charge is 0.469 e. The second-order valence-corrected chi connectivity index (χ2v) is 8.75. The molecule has 0 saturated heterocycles. The Bertz CT molecular complexity index is 450. The molecule has 0 heterocycles. The normalized spacial score (nSPS) is 24.0. The van der Waals surface area contributed by atoms with Crippen molar-refractivity contribution < 1.29 is 14.3 Å². The number of rotatable bonds is 10. The number of hydrogen-bond donors (Lipinski definition) is 0. The Hall–Kier alpha value is -0.830. The van der Waals surface area contributed by atoms with Crippen molar-refractivity contribution in [3.05, 3.63) is 11.6 Å². The van der Waals surface area contributed by atoms with Gasteiger partial charge in [-0.15, -0.1) is 0 Å². The summed E-state index contributed by atoms with van der Waals surface area (Å²) in [6.07, 6.45) is 18.0. The highest BCUT2D eigenvalue weighted by Crippen LogP contribution is 2.39. The highest BCUT2D eigenvalue weighted by atomic mass is 16.5. The lowest BCUT2D eigenvalue weighted by Gasteiger charge is -2.32. The molecule has 2 atom stereocenters. The number of methoxy groups -OCH3 is 1. The Morgan fingerprint density at radius 1 is 1.19 bits per heavy atom. The molecule has 1 saturated carbocycles. The molecule has 0 N–H and O–H groups in total. The second kappa shape index (κ2) is 11.1. The molecule has 0 aromatic rings. The zero-order valence-corrected chi connectivity index (χ0v) is 17.4. The fourth-order valence-corrected chi connectivity index (χ4v) is 4.63. The maximum absolute atomic E-state index is 12.6. The summed E-state index contributed by atoms with van der Waals surface area (Å²) >= 11 is 0. The van der Waals surface area contributed by atoms with E-state index in [0.717, 1.165) is 51.0 Å². The fraction of sp³-hybridized carbons (Fsp3) is 0.870. The molecule has 150 valence electrons. The van der Waals surface area contributed by atoms with Gasteiger partial charge in [0.2, 0.25) is 0 Å². The smallest absolute Gasteiger partial charge is 0.311 e. The summed E-state index contributed by atoms with van der Waals surface area (Å²) in [6, 6.07) is 0. The SMILES string of the molecule is CCCCO[C@H]1C=C(C[C@](C)(CCC2CCCCC2)C(=O)OC)CCC1. The Labute approximate surface area is 160 Å². The minimum absolute atomic E-state index is 0.0387. The van der Waals surface area contributed by atoms with Gasteiger partial charge in [0.1, 0.15) is 0 Å². The van der Waals surface area contributed by atoms with Gasteiger partial charge in [0.15, 0.2) is 0 Å². The van der Waals surface area contributed by atoms with Crippen LogP contribution < -0.4 is 0 Å². The zero-order valence-electron chi connectivity index (χ0n) is 17.4. The van der Waals surface area contributed by atoms with Crippen LogP contribution in [0.2, 0.25) is 0 Å². The quantitative estimate of drug-likeness (QED) is 0.262. The van der Waals surface area contributed by atoms with E-state index in [9.17, 15) is 4.79 Å². The van der Waals surface area contributed by atoms with Crippen LogP contribution in [0, 0.1) is 11.3 Å². The number of ether oxygens (including phenoxy) is 2. The first-order valence-electron chi connectivity index (χ1n) is 11.0. The molecule has 3 heteroatoms. The number of carbonyl (C=O) groups is 1. The predicted octanol–water partition coefficient (Wildman–Crippen LogP) is 6.21. The van der Waals surface area contributed by atoms with Crippen LogP contribution in [0.15, 0.2) is 11.6 Å². The van der Waals surface area contributed by atoms with Gasteiger partial charge in [-0.3, -0.25) is 4.79 Å². The Kier molecular flexibility index (Phi) is 9.18. The molecule has 3 nitrogen and oxygen atoms in total. The highest BCUT2D eigenvalue weighted by Gasteiger charge is 2.36. The first-order chi connectivity index (χ1) is 12.6. The van der Waals surface area contributed by atoms with Gasteiger partial charge in [-0.1, -0.05) is 57.1 Å². The number of unbranched alkanes of at least 4 members (excludes halogenated alkanes) is 1. The molecule has 2 aliphatic carbocycles. The summed E-state index contributed by atoms with van der Waals surface area (Å²) in [7, 11) is 1.53. The first kappa shape index (κ1) is 21.5. The molecule has 0 aliphatic heterocycles. The van der Waals surface area contributed by atoms with Gasteiger partial charge in [-0.25, -0.2) is 0 Å². The van der Waals surface area contributed by atoms with Gasteiger partial charge in [-0.2, -0.15) is 0 Å². The lowest BCUT2D eigenvalue weighted by molar-refractivity contribution is -0.152. The monoisotopic (exact) mass is 364 g/mol. The topological polar surface area (TPSA) is 35.5 Å². The third kappa shape index (κ3) is 6.72. The summed E-state index contributed by atoms with van der Waals surface area (Å²) in [4.78, 5) is 12.6. The van der Waals surface area contributed by atoms with Crippen LogP contribution in [0.4, 0.5) is 0 Å². The first-order valence-corrected chi connectivity index (χ1v) is 11.0. The molecule has 0 aromatic carbocycles. The Morgan fingerprint density at radius 2 is 1.96 bits per heavy atom. The van der Waals surface area contributed by atoms with Crippen molar-refractivity contribution in [2.24, 2.45) is 11.3 Å². The van der Waals surface area contributed by atoms with E-state index in [0.29, 0.717) is 0 Å². The summed E-state index contributed by atoms with van der Waals surface area (Å²) < 4.78 is 11.2. The molecule has 0 spiro atoms. The van der Waals surface area contributed by atoms with Crippen LogP contribution in [0.3, 0.4) is 0 Å². The average Bonchev–Trinajstić information content (AvgIpc) is 2.67. The predicted molar refractivity (Wildman–Crippen MR) is 107 cm³/mol. The molecule has 2 aliphatic rings. The van der Waals surface area contributed by atoms with Crippen molar-refractivity contribution >= 4 is 5.97 Å². The highest BCUT2D eigenvalue weighted by molar-refractivity contribution is 5.76. The van der Waals surface area contributed by atoms with E-state index in [4.69, 9.17) is 9.47 Å². The van der Waals surface area contributed by atoms with Crippen molar-refractivity contribution in [2.75, 3.05) is 13.7 Å². The lowest BCUT2D eigenvalue weighted by Crippen LogP contribution is -2.31. The van der Waals surface area contributed by atoms with Crippen LogP contribution in [-0.4, -0.2) is 25.8 Å². The number of allylic oxidation sites excluding steroid dienone is 1. The molecular formula is C23H40O3. The van der Waals surface area contributed by atoms with Gasteiger partial charge in [0.25, 0.3) is 0 Å². The third-order valence-electron chi connectivity index (χ3n) is 6.36. The molecule has 2 rings (SSSR count). The van der Waals surface area contributed by atoms with Crippen LogP contribution in [0.25, 0.3) is 0 Å². The molecule has 0 radical (unpaired) electrons. The minimum Gasteiger partial charge on any atom is -0.469 e. The fourth-order valence-electron chi connectivity index (χ4n) is 4.63. The second-order valence-electron chi connectivity index (χ2n) is 8.75. The van der Waals surface area contributed by atoms with Crippen molar-refractivity contribution in [1.29, 1.82) is 0 Å². The summed E-state index contributed by atoms with van der Waals surface area (Å²) in [5.41, 5.74) is 1.01. The van der Waals surface area contributed by atoms with E-state index in [1.165, 1.54) is 57.6 Å². The minimum atomic E-state index is -0.386. The standard InChI is InChI=1S/C23H40O3/c1-4-5-16-26-21-13-9-12-20(17-21)18-23(2,22(24)25-3)15-14-19-10-7-6-8-11-19/h17,19,21H,4-16,18H2,1-3H3/t21-,23+/m1/s1. The van der Waals surface area contributed by atoms with Crippen molar-refractivity contribution in [3.8, 4) is 0 Å². The van der Waals surface area contributed by atoms with Crippen LogP contribution in [0.5, 0.6) is 0 Å². The van der Waals surface area contributed by atoms with E-state index in [1.54, 1.807) is 0 Å². The van der Waals surface area contributed by atoms with E-state index >= 15 is 0 Å². The van der Waals surface area contributed by atoms with Crippen molar-refractivity contribution in [2.45, 2.75) is 103 Å². The summed E-state index contributed by atoms with van der Waals surface area (Å²) in [5, 5.41) is 0. The number of carbonyl (C=O) groups excluding carboxylic acids is 1. The zero-order chi connectivity index (χ0) is 18.8. The Balaban J connectivity index is 1.95. The van der Waals surface area contributed by atoms with Gasteiger partial charge in [0, 0.05) is 6.61 Å². The lowest BCUT2D eigenvalue weighted by atomic mass is 9.74. The molecule has 0 bridgehead atoms. The molecule has 26 heavy (non-hydrogen) atoms. The van der Waals surface area contributed by atoms with Gasteiger partial charge < -0.3 is 9.47 Å². The van der Waals surface area contributed by atoms with Crippen LogP contribution in [-0.2, 0) is 14.3 Å². The van der Waals surface area contributed by atoms with Gasteiger partial charge in [-0.05, 0) is 57.8 Å². The van der Waals surface area contributed by atoms with Crippen LogP contribution in [0.1, 0.15) is 97.3 Å². The average molecular weight is 365 g/mol. The molecule has 0 amide bonds. The molecule has 0 aromatic heterocycles. The maximum atomic E-state index is 12.6. The van der Waals surface area contributed by atoms with E-state index in [2.05, 4.69) is 19.9 Å². The summed E-state index contributed by atoms with van der Waals surface area (Å²) in [6.45, 7) is 5.16. The number of esters is 1. The van der Waals surface area contributed by atoms with Gasteiger partial charge in [0.05, 0.1) is 18.6 Å². The maximum Gasteiger partial charge on any atom is 0.311 e. The van der Waals surface area contributed by atoms with Crippen molar-refractivity contribution in [1.82, 2.24) is 0 Å². The number of hydrogen-bond acceptors (Lipinski definition) is 3. The summed E-state index contributed by atoms with van der Waals surface area (Å²) in [5.74, 6) is 0.765. The molecule has 1 fully saturated rings. The van der Waals surface area contributed by atoms with E-state index < -0.39 is 0 Å².